The van der Waals surface area contributed by atoms with Crippen LogP contribution in [0.5, 0.6) is 0 Å². The summed E-state index contributed by atoms with van der Waals surface area (Å²) in [6.07, 6.45) is 0. The minimum atomic E-state index is -0.606. The van der Waals surface area contributed by atoms with Crippen LogP contribution in [0.25, 0.3) is 0 Å². The van der Waals surface area contributed by atoms with Crippen molar-refractivity contribution in [3.05, 3.63) is 30.1 Å². The molecule has 0 bridgehead atoms. The van der Waals surface area contributed by atoms with Gasteiger partial charge in [0.15, 0.2) is 0 Å². The van der Waals surface area contributed by atoms with E-state index in [0.29, 0.717) is 18.2 Å². The number of rotatable bonds is 5. The number of halogens is 1. The molecular formula is C14H20FN3O2. The van der Waals surface area contributed by atoms with E-state index in [9.17, 15) is 14.0 Å². The van der Waals surface area contributed by atoms with Gasteiger partial charge in [-0.3, -0.25) is 10.1 Å². The molecule has 3 N–H and O–H groups in total. The lowest BCUT2D eigenvalue weighted by Gasteiger charge is -2.15. The van der Waals surface area contributed by atoms with E-state index in [4.69, 9.17) is 0 Å². The average molecular weight is 281 g/mol. The van der Waals surface area contributed by atoms with Crippen molar-refractivity contribution in [1.29, 1.82) is 0 Å². The number of imide groups is 1. The summed E-state index contributed by atoms with van der Waals surface area (Å²) in [4.78, 5) is 23.2. The molecule has 0 saturated carbocycles. The van der Waals surface area contributed by atoms with Crippen molar-refractivity contribution in [2.45, 2.75) is 26.8 Å². The van der Waals surface area contributed by atoms with Gasteiger partial charge in [-0.1, -0.05) is 13.8 Å². The summed E-state index contributed by atoms with van der Waals surface area (Å²) < 4.78 is 12.7. The molecule has 0 radical (unpaired) electrons. The Morgan fingerprint density at radius 3 is 2.30 bits per heavy atom. The first-order valence-corrected chi connectivity index (χ1v) is 6.49. The van der Waals surface area contributed by atoms with Crippen LogP contribution in [0.15, 0.2) is 24.3 Å². The quantitative estimate of drug-likeness (QED) is 0.774. The normalized spacial score (nSPS) is 11.8. The van der Waals surface area contributed by atoms with Crippen LogP contribution in [0.4, 0.5) is 14.9 Å². The molecule has 0 aliphatic heterocycles. The van der Waals surface area contributed by atoms with E-state index in [1.807, 2.05) is 13.8 Å². The average Bonchev–Trinajstić information content (AvgIpc) is 2.39. The smallest absolute Gasteiger partial charge is 0.321 e. The zero-order valence-electron chi connectivity index (χ0n) is 11.9. The van der Waals surface area contributed by atoms with E-state index in [2.05, 4.69) is 16.0 Å². The van der Waals surface area contributed by atoms with Gasteiger partial charge in [-0.05, 0) is 37.1 Å². The monoisotopic (exact) mass is 281 g/mol. The highest BCUT2D eigenvalue weighted by Gasteiger charge is 2.15. The number of carbonyl (C=O) groups is 2. The lowest BCUT2D eigenvalue weighted by molar-refractivity contribution is -0.120. The zero-order chi connectivity index (χ0) is 15.1. The lowest BCUT2D eigenvalue weighted by Crippen LogP contribution is -2.46. The van der Waals surface area contributed by atoms with Crippen LogP contribution in [-0.4, -0.2) is 24.5 Å². The van der Waals surface area contributed by atoms with Crippen molar-refractivity contribution in [2.75, 3.05) is 11.9 Å². The van der Waals surface area contributed by atoms with E-state index in [-0.39, 0.29) is 5.82 Å². The van der Waals surface area contributed by atoms with Crippen LogP contribution in [0.2, 0.25) is 0 Å². The van der Waals surface area contributed by atoms with Crippen molar-refractivity contribution in [3.8, 4) is 0 Å². The number of hydrogen-bond donors (Lipinski definition) is 3. The number of carbonyl (C=O) groups excluding carboxylic acids is 2. The second kappa shape index (κ2) is 7.47. The SMILES string of the molecule is CC(C)CNC(=O)NC(=O)C(C)Nc1ccc(F)cc1. The van der Waals surface area contributed by atoms with E-state index in [1.165, 1.54) is 24.3 Å². The molecule has 0 heterocycles. The minimum absolute atomic E-state index is 0.311. The topological polar surface area (TPSA) is 70.2 Å². The number of nitrogens with one attached hydrogen (secondary N) is 3. The summed E-state index contributed by atoms with van der Waals surface area (Å²) in [5.74, 6) is -0.484. The molecule has 1 rings (SSSR count). The van der Waals surface area contributed by atoms with Crippen molar-refractivity contribution in [3.63, 3.8) is 0 Å². The maximum Gasteiger partial charge on any atom is 0.321 e. The van der Waals surface area contributed by atoms with Crippen molar-refractivity contribution >= 4 is 17.6 Å². The number of hydrogen-bond acceptors (Lipinski definition) is 3. The van der Waals surface area contributed by atoms with Crippen molar-refractivity contribution in [2.24, 2.45) is 5.92 Å². The maximum absolute atomic E-state index is 12.7. The summed E-state index contributed by atoms with van der Waals surface area (Å²) in [7, 11) is 0. The number of amides is 3. The fraction of sp³-hybridized carbons (Fsp3) is 0.429. The third-order valence-electron chi connectivity index (χ3n) is 2.53. The van der Waals surface area contributed by atoms with Crippen molar-refractivity contribution in [1.82, 2.24) is 10.6 Å². The van der Waals surface area contributed by atoms with Crippen LogP contribution in [-0.2, 0) is 4.79 Å². The summed E-state index contributed by atoms with van der Waals surface area (Å²) in [5.41, 5.74) is 0.608. The Balaban J connectivity index is 2.42. The van der Waals surface area contributed by atoms with Crippen LogP contribution >= 0.6 is 0 Å². The predicted molar refractivity (Wildman–Crippen MR) is 75.9 cm³/mol. The molecular weight excluding hydrogens is 261 g/mol. The van der Waals surface area contributed by atoms with Gasteiger partial charge in [-0.2, -0.15) is 0 Å². The van der Waals surface area contributed by atoms with Crippen molar-refractivity contribution < 1.29 is 14.0 Å². The summed E-state index contributed by atoms with van der Waals surface area (Å²) in [5, 5.41) is 7.71. The Morgan fingerprint density at radius 1 is 1.15 bits per heavy atom. The van der Waals surface area contributed by atoms with Gasteiger partial charge in [-0.25, -0.2) is 9.18 Å². The Hall–Kier alpha value is -2.11. The molecule has 20 heavy (non-hydrogen) atoms. The molecule has 5 nitrogen and oxygen atoms in total. The molecule has 1 atom stereocenters. The maximum atomic E-state index is 12.7. The third kappa shape index (κ3) is 5.69. The molecule has 0 saturated heterocycles. The molecule has 1 unspecified atom stereocenters. The molecule has 110 valence electrons. The molecule has 0 aliphatic rings. The second-order valence-corrected chi connectivity index (χ2v) is 4.97. The largest absolute Gasteiger partial charge is 0.374 e. The highest BCUT2D eigenvalue weighted by molar-refractivity contribution is 5.97. The van der Waals surface area contributed by atoms with Crippen LogP contribution in [0.3, 0.4) is 0 Å². The van der Waals surface area contributed by atoms with Gasteiger partial charge in [-0.15, -0.1) is 0 Å². The van der Waals surface area contributed by atoms with Gasteiger partial charge in [0.1, 0.15) is 11.9 Å². The molecule has 1 aromatic carbocycles. The fourth-order valence-electron chi connectivity index (χ4n) is 1.42. The van der Waals surface area contributed by atoms with Crippen LogP contribution < -0.4 is 16.0 Å². The Kier molecular flexibility index (Phi) is 5.96. The van der Waals surface area contributed by atoms with E-state index in [0.717, 1.165) is 0 Å². The molecule has 6 heteroatoms. The summed E-state index contributed by atoms with van der Waals surface area (Å²) in [6, 6.07) is 4.52. The van der Waals surface area contributed by atoms with Gasteiger partial charge in [0, 0.05) is 12.2 Å². The molecule has 1 aromatic rings. The predicted octanol–water partition coefficient (Wildman–Crippen LogP) is 2.11. The van der Waals surface area contributed by atoms with Gasteiger partial charge in [0.05, 0.1) is 0 Å². The van der Waals surface area contributed by atoms with Crippen LogP contribution in [0, 0.1) is 11.7 Å². The highest BCUT2D eigenvalue weighted by atomic mass is 19.1. The van der Waals surface area contributed by atoms with E-state index < -0.39 is 18.0 Å². The first-order valence-electron chi connectivity index (χ1n) is 6.49. The van der Waals surface area contributed by atoms with E-state index >= 15 is 0 Å². The molecule has 0 aromatic heterocycles. The Morgan fingerprint density at radius 2 is 1.75 bits per heavy atom. The summed E-state index contributed by atoms with van der Waals surface area (Å²) >= 11 is 0. The van der Waals surface area contributed by atoms with Crippen LogP contribution in [0.1, 0.15) is 20.8 Å². The first-order chi connectivity index (χ1) is 9.38. The number of anilines is 1. The second-order valence-electron chi connectivity index (χ2n) is 4.97. The summed E-state index contributed by atoms with van der Waals surface area (Å²) in [6.45, 7) is 6.04. The number of benzene rings is 1. The van der Waals surface area contributed by atoms with Gasteiger partial charge in [0.25, 0.3) is 0 Å². The Labute approximate surface area is 117 Å². The number of urea groups is 1. The first kappa shape index (κ1) is 15.9. The molecule has 0 spiro atoms. The zero-order valence-corrected chi connectivity index (χ0v) is 11.9. The van der Waals surface area contributed by atoms with Gasteiger partial charge >= 0.3 is 6.03 Å². The van der Waals surface area contributed by atoms with Gasteiger partial charge in [0.2, 0.25) is 5.91 Å². The molecule has 0 fully saturated rings. The Bertz CT molecular complexity index is 460. The van der Waals surface area contributed by atoms with E-state index in [1.54, 1.807) is 6.92 Å². The minimum Gasteiger partial charge on any atom is -0.374 e. The molecule has 3 amide bonds. The highest BCUT2D eigenvalue weighted by Crippen LogP contribution is 2.09. The van der Waals surface area contributed by atoms with Gasteiger partial charge < -0.3 is 10.6 Å². The standard InChI is InChI=1S/C14H20FN3O2/c1-9(2)8-16-14(20)18-13(19)10(3)17-12-6-4-11(15)5-7-12/h4-7,9-10,17H,8H2,1-3H3,(H2,16,18,19,20). The lowest BCUT2D eigenvalue weighted by atomic mass is 10.2. The fourth-order valence-corrected chi connectivity index (χ4v) is 1.42. The third-order valence-corrected chi connectivity index (χ3v) is 2.53. The molecule has 0 aliphatic carbocycles.